The van der Waals surface area contributed by atoms with E-state index in [0.717, 1.165) is 66.3 Å². The van der Waals surface area contributed by atoms with Crippen molar-refractivity contribution >= 4 is 17.3 Å². The van der Waals surface area contributed by atoms with Gasteiger partial charge < -0.3 is 9.26 Å². The van der Waals surface area contributed by atoms with E-state index in [1.54, 1.807) is 17.4 Å². The molecular formula is C25H29N3O3S. The van der Waals surface area contributed by atoms with E-state index in [2.05, 4.69) is 15.4 Å². The van der Waals surface area contributed by atoms with Gasteiger partial charge in [-0.2, -0.15) is 0 Å². The number of hydrogen-bond donors (Lipinski definition) is 0. The number of likely N-dealkylation sites (tertiary alicyclic amines) is 1. The first-order valence-electron chi connectivity index (χ1n) is 11.1. The fraction of sp³-hybridized carbons (Fsp3) is 0.400. The zero-order valence-electron chi connectivity index (χ0n) is 18.8. The van der Waals surface area contributed by atoms with Crippen LogP contribution in [0.3, 0.4) is 0 Å². The third-order valence-corrected chi connectivity index (χ3v) is 6.76. The van der Waals surface area contributed by atoms with Crippen LogP contribution in [0.1, 0.15) is 43.4 Å². The lowest BCUT2D eigenvalue weighted by Crippen LogP contribution is -2.34. The summed E-state index contributed by atoms with van der Waals surface area (Å²) in [6, 6.07) is 10.1. The minimum atomic E-state index is -0.255. The standard InChI is InChI=1S/C25H29N3O3S/c1-4-30-22(29)14-17(2)15-28-12-10-20(11-13-28)25-26-21(16-32-25)23-18(3)31-27-24(23)19-8-6-5-7-9-19/h5-9,14,16,20H,4,10-13,15H2,1-3H3. The van der Waals surface area contributed by atoms with Crippen LogP contribution in [0.5, 0.6) is 0 Å². The van der Waals surface area contributed by atoms with E-state index in [0.29, 0.717) is 12.5 Å². The van der Waals surface area contributed by atoms with Crippen LogP contribution in [-0.2, 0) is 9.53 Å². The number of aromatic nitrogens is 2. The molecule has 0 bridgehead atoms. The number of carbonyl (C=O) groups excluding carboxylic acids is 1. The second-order valence-corrected chi connectivity index (χ2v) is 9.08. The van der Waals surface area contributed by atoms with Gasteiger partial charge in [0.1, 0.15) is 11.5 Å². The van der Waals surface area contributed by atoms with Gasteiger partial charge in [-0.3, -0.25) is 4.90 Å². The highest BCUT2D eigenvalue weighted by Gasteiger charge is 2.25. The first-order valence-corrected chi connectivity index (χ1v) is 12.0. The molecule has 6 nitrogen and oxygen atoms in total. The summed E-state index contributed by atoms with van der Waals surface area (Å²) in [5, 5.41) is 7.60. The van der Waals surface area contributed by atoms with Crippen LogP contribution in [0.2, 0.25) is 0 Å². The van der Waals surface area contributed by atoms with Crippen molar-refractivity contribution in [1.82, 2.24) is 15.0 Å². The summed E-state index contributed by atoms with van der Waals surface area (Å²) in [5.41, 5.74) is 4.84. The zero-order chi connectivity index (χ0) is 22.5. The Morgan fingerprint density at radius 1 is 1.28 bits per heavy atom. The molecule has 0 radical (unpaired) electrons. The number of thiazole rings is 1. The van der Waals surface area contributed by atoms with E-state index in [1.165, 1.54) is 5.01 Å². The van der Waals surface area contributed by atoms with Crippen molar-refractivity contribution in [3.63, 3.8) is 0 Å². The van der Waals surface area contributed by atoms with Gasteiger partial charge in [0, 0.05) is 29.5 Å². The van der Waals surface area contributed by atoms with Crippen LogP contribution in [0.4, 0.5) is 0 Å². The van der Waals surface area contributed by atoms with Crippen molar-refractivity contribution in [2.45, 2.75) is 39.5 Å². The number of carbonyl (C=O) groups is 1. The van der Waals surface area contributed by atoms with E-state index >= 15 is 0 Å². The third kappa shape index (κ3) is 5.16. The fourth-order valence-corrected chi connectivity index (χ4v) is 5.16. The molecule has 0 saturated carbocycles. The Bertz CT molecular complexity index is 1080. The Morgan fingerprint density at radius 2 is 2.03 bits per heavy atom. The molecule has 32 heavy (non-hydrogen) atoms. The number of rotatable bonds is 7. The normalized spacial score (nSPS) is 15.8. The summed E-state index contributed by atoms with van der Waals surface area (Å²) in [6.07, 6.45) is 3.73. The van der Waals surface area contributed by atoms with Gasteiger partial charge in [0.25, 0.3) is 0 Å². The molecule has 1 fully saturated rings. The number of piperidine rings is 1. The zero-order valence-corrected chi connectivity index (χ0v) is 19.7. The molecule has 1 aliphatic heterocycles. The lowest BCUT2D eigenvalue weighted by molar-refractivity contribution is -0.137. The first kappa shape index (κ1) is 22.4. The maximum atomic E-state index is 11.6. The van der Waals surface area contributed by atoms with E-state index in [1.807, 2.05) is 51.1 Å². The van der Waals surface area contributed by atoms with Gasteiger partial charge in [-0.15, -0.1) is 11.3 Å². The van der Waals surface area contributed by atoms with Crippen molar-refractivity contribution in [1.29, 1.82) is 0 Å². The summed E-state index contributed by atoms with van der Waals surface area (Å²) < 4.78 is 10.5. The van der Waals surface area contributed by atoms with Gasteiger partial charge in [0.05, 0.1) is 22.9 Å². The molecule has 0 N–H and O–H groups in total. The second kappa shape index (κ2) is 10.2. The highest BCUT2D eigenvalue weighted by Crippen LogP contribution is 2.37. The van der Waals surface area contributed by atoms with Crippen LogP contribution in [0, 0.1) is 6.92 Å². The number of aryl methyl sites for hydroxylation is 1. The maximum Gasteiger partial charge on any atom is 0.330 e. The molecule has 1 aromatic carbocycles. The van der Waals surface area contributed by atoms with Crippen molar-refractivity contribution in [2.75, 3.05) is 26.2 Å². The maximum absolute atomic E-state index is 11.6. The summed E-state index contributed by atoms with van der Waals surface area (Å²) in [4.78, 5) is 19.0. The van der Waals surface area contributed by atoms with Crippen LogP contribution in [-0.4, -0.2) is 47.3 Å². The Hall–Kier alpha value is -2.77. The van der Waals surface area contributed by atoms with Crippen LogP contribution >= 0.6 is 11.3 Å². The molecule has 0 unspecified atom stereocenters. The molecule has 0 amide bonds. The lowest BCUT2D eigenvalue weighted by atomic mass is 9.97. The molecule has 3 aromatic rings. The highest BCUT2D eigenvalue weighted by atomic mass is 32.1. The van der Waals surface area contributed by atoms with E-state index < -0.39 is 0 Å². The summed E-state index contributed by atoms with van der Waals surface area (Å²) in [5.74, 6) is 0.994. The van der Waals surface area contributed by atoms with Gasteiger partial charge >= 0.3 is 5.97 Å². The minimum Gasteiger partial charge on any atom is -0.463 e. The van der Waals surface area contributed by atoms with Crippen molar-refractivity contribution < 1.29 is 14.1 Å². The van der Waals surface area contributed by atoms with Crippen LogP contribution in [0.15, 0.2) is 51.9 Å². The number of nitrogens with zero attached hydrogens (tertiary/aromatic N) is 3. The molecular weight excluding hydrogens is 422 g/mol. The molecule has 168 valence electrons. The lowest BCUT2D eigenvalue weighted by Gasteiger charge is -2.31. The Kier molecular flexibility index (Phi) is 7.17. The van der Waals surface area contributed by atoms with Crippen LogP contribution in [0.25, 0.3) is 22.5 Å². The molecule has 1 aliphatic rings. The second-order valence-electron chi connectivity index (χ2n) is 8.19. The minimum absolute atomic E-state index is 0.255. The average Bonchev–Trinajstić information content (AvgIpc) is 3.41. The Labute approximate surface area is 192 Å². The van der Waals surface area contributed by atoms with Crippen molar-refractivity contribution in [2.24, 2.45) is 0 Å². The molecule has 0 atom stereocenters. The topological polar surface area (TPSA) is 68.5 Å². The number of esters is 1. The number of benzene rings is 1. The quantitative estimate of drug-likeness (QED) is 0.351. The molecule has 1 saturated heterocycles. The molecule has 0 aliphatic carbocycles. The Morgan fingerprint density at radius 3 is 2.75 bits per heavy atom. The molecule has 2 aromatic heterocycles. The SMILES string of the molecule is CCOC(=O)C=C(C)CN1CCC(c2nc(-c3c(-c4ccccc4)noc3C)cs2)CC1. The van der Waals surface area contributed by atoms with Gasteiger partial charge in [-0.05, 0) is 46.7 Å². The van der Waals surface area contributed by atoms with Gasteiger partial charge in [-0.25, -0.2) is 9.78 Å². The predicted octanol–water partition coefficient (Wildman–Crippen LogP) is 5.46. The molecule has 3 heterocycles. The van der Waals surface area contributed by atoms with Gasteiger partial charge in [0.2, 0.25) is 0 Å². The predicted molar refractivity (Wildman–Crippen MR) is 127 cm³/mol. The van der Waals surface area contributed by atoms with Crippen molar-refractivity contribution in [3.8, 4) is 22.5 Å². The van der Waals surface area contributed by atoms with Crippen molar-refractivity contribution in [3.05, 3.63) is 58.1 Å². The monoisotopic (exact) mass is 451 g/mol. The van der Waals surface area contributed by atoms with Gasteiger partial charge in [-0.1, -0.05) is 41.1 Å². The Balaban J connectivity index is 1.41. The number of hydrogen-bond acceptors (Lipinski definition) is 7. The van der Waals surface area contributed by atoms with E-state index in [4.69, 9.17) is 14.2 Å². The van der Waals surface area contributed by atoms with E-state index in [-0.39, 0.29) is 5.97 Å². The smallest absolute Gasteiger partial charge is 0.330 e. The van der Waals surface area contributed by atoms with Gasteiger partial charge in [0.15, 0.2) is 0 Å². The third-order valence-electron chi connectivity index (χ3n) is 5.75. The molecule has 4 rings (SSSR count). The average molecular weight is 452 g/mol. The summed E-state index contributed by atoms with van der Waals surface area (Å²) >= 11 is 1.72. The fourth-order valence-electron chi connectivity index (χ4n) is 4.18. The largest absolute Gasteiger partial charge is 0.463 e. The summed E-state index contributed by atoms with van der Waals surface area (Å²) in [6.45, 7) is 8.95. The first-order chi connectivity index (χ1) is 15.5. The molecule has 0 spiro atoms. The molecule has 7 heteroatoms. The number of ether oxygens (including phenoxy) is 1. The highest BCUT2D eigenvalue weighted by molar-refractivity contribution is 7.10. The van der Waals surface area contributed by atoms with E-state index in [9.17, 15) is 4.79 Å². The summed E-state index contributed by atoms with van der Waals surface area (Å²) in [7, 11) is 0. The van der Waals surface area contributed by atoms with Crippen LogP contribution < -0.4 is 0 Å².